The van der Waals surface area contributed by atoms with Crippen molar-refractivity contribution in [2.24, 2.45) is 0 Å². The van der Waals surface area contributed by atoms with Gasteiger partial charge in [-0.3, -0.25) is 4.79 Å². The molecular weight excluding hydrogens is 226 g/mol. The third-order valence-corrected chi connectivity index (χ3v) is 4.05. The molecule has 2 aliphatic rings. The number of anilines is 1. The number of nitrogens with zero attached hydrogens (tertiary/aromatic N) is 1. The van der Waals surface area contributed by atoms with Crippen LogP contribution in [0, 0.1) is 6.92 Å². The molecule has 0 spiro atoms. The fourth-order valence-electron chi connectivity index (χ4n) is 3.03. The van der Waals surface area contributed by atoms with Crippen molar-refractivity contribution in [3.63, 3.8) is 0 Å². The third-order valence-electron chi connectivity index (χ3n) is 4.05. The fraction of sp³-hybridized carbons (Fsp3) is 0.500. The van der Waals surface area contributed by atoms with Gasteiger partial charge < -0.3 is 15.5 Å². The van der Waals surface area contributed by atoms with E-state index in [-0.39, 0.29) is 11.6 Å². The van der Waals surface area contributed by atoms with Crippen LogP contribution in [0.15, 0.2) is 18.2 Å². The fourth-order valence-corrected chi connectivity index (χ4v) is 3.03. The summed E-state index contributed by atoms with van der Waals surface area (Å²) < 4.78 is 0. The van der Waals surface area contributed by atoms with Gasteiger partial charge in [-0.1, -0.05) is 12.1 Å². The van der Waals surface area contributed by atoms with Crippen LogP contribution in [0.2, 0.25) is 0 Å². The molecule has 2 aliphatic heterocycles. The van der Waals surface area contributed by atoms with Crippen LogP contribution in [0.5, 0.6) is 0 Å². The Kier molecular flexibility index (Phi) is 2.55. The summed E-state index contributed by atoms with van der Waals surface area (Å²) in [6, 6.07) is 6.09. The number of hydrogen-bond donors (Lipinski definition) is 2. The average molecular weight is 245 g/mol. The van der Waals surface area contributed by atoms with E-state index in [4.69, 9.17) is 0 Å². The van der Waals surface area contributed by atoms with E-state index >= 15 is 0 Å². The highest BCUT2D eigenvalue weighted by Crippen LogP contribution is 2.34. The Morgan fingerprint density at radius 3 is 3.00 bits per heavy atom. The molecule has 18 heavy (non-hydrogen) atoms. The van der Waals surface area contributed by atoms with E-state index in [0.717, 1.165) is 42.9 Å². The van der Waals surface area contributed by atoms with E-state index in [1.165, 1.54) is 0 Å². The van der Waals surface area contributed by atoms with Crippen molar-refractivity contribution < 1.29 is 4.79 Å². The van der Waals surface area contributed by atoms with Crippen LogP contribution < -0.4 is 15.5 Å². The van der Waals surface area contributed by atoms with E-state index < -0.39 is 0 Å². The summed E-state index contributed by atoms with van der Waals surface area (Å²) in [7, 11) is 0. The van der Waals surface area contributed by atoms with Gasteiger partial charge in [-0.25, -0.2) is 0 Å². The summed E-state index contributed by atoms with van der Waals surface area (Å²) in [6.07, 6.45) is 0.923. The van der Waals surface area contributed by atoms with E-state index in [2.05, 4.69) is 28.5 Å². The zero-order valence-electron chi connectivity index (χ0n) is 10.9. The maximum absolute atomic E-state index is 12.3. The summed E-state index contributed by atoms with van der Waals surface area (Å²) in [5.41, 5.74) is 2.69. The number of hydrogen-bond acceptors (Lipinski definition) is 3. The summed E-state index contributed by atoms with van der Waals surface area (Å²) >= 11 is 0. The normalized spacial score (nSPS) is 27.0. The van der Waals surface area contributed by atoms with Gasteiger partial charge >= 0.3 is 0 Å². The van der Waals surface area contributed by atoms with Crippen LogP contribution in [0.4, 0.5) is 5.69 Å². The largest absolute Gasteiger partial charge is 0.347 e. The highest BCUT2D eigenvalue weighted by molar-refractivity contribution is 6.03. The second-order valence-electron chi connectivity index (χ2n) is 5.35. The van der Waals surface area contributed by atoms with E-state index in [0.29, 0.717) is 0 Å². The van der Waals surface area contributed by atoms with Crippen LogP contribution in [0.25, 0.3) is 0 Å². The number of amides is 1. The SMILES string of the molecule is Cc1cccc2c1C(=O)N[C@@]1(C)CCNCCN21. The Hall–Kier alpha value is -1.55. The van der Waals surface area contributed by atoms with Gasteiger partial charge in [0.15, 0.2) is 0 Å². The molecule has 0 saturated carbocycles. The Balaban J connectivity index is 2.15. The van der Waals surface area contributed by atoms with Gasteiger partial charge in [-0.2, -0.15) is 0 Å². The molecule has 2 heterocycles. The lowest BCUT2D eigenvalue weighted by Crippen LogP contribution is -2.62. The maximum atomic E-state index is 12.3. The minimum absolute atomic E-state index is 0.0590. The molecule has 96 valence electrons. The first-order valence-electron chi connectivity index (χ1n) is 6.52. The van der Waals surface area contributed by atoms with Crippen LogP contribution in [0.1, 0.15) is 29.3 Å². The number of aryl methyl sites for hydroxylation is 1. The third kappa shape index (κ3) is 1.60. The van der Waals surface area contributed by atoms with Gasteiger partial charge in [0.1, 0.15) is 5.66 Å². The Bertz CT molecular complexity index is 500. The molecule has 4 heteroatoms. The molecule has 0 unspecified atom stereocenters. The van der Waals surface area contributed by atoms with E-state index in [9.17, 15) is 4.79 Å². The van der Waals surface area contributed by atoms with Gasteiger partial charge in [-0.05, 0) is 32.0 Å². The van der Waals surface area contributed by atoms with Crippen molar-refractivity contribution >= 4 is 11.6 Å². The van der Waals surface area contributed by atoms with Gasteiger partial charge in [-0.15, -0.1) is 0 Å². The number of nitrogens with one attached hydrogen (secondary N) is 2. The number of carbonyl (C=O) groups is 1. The molecule has 1 aromatic rings. The molecule has 0 radical (unpaired) electrons. The van der Waals surface area contributed by atoms with Crippen molar-refractivity contribution in [1.82, 2.24) is 10.6 Å². The second kappa shape index (κ2) is 3.99. The predicted molar refractivity (Wildman–Crippen MR) is 71.9 cm³/mol. The molecule has 0 bridgehead atoms. The summed E-state index contributed by atoms with van der Waals surface area (Å²) in [4.78, 5) is 14.7. The number of rotatable bonds is 0. The van der Waals surface area contributed by atoms with E-state index in [1.54, 1.807) is 0 Å². The van der Waals surface area contributed by atoms with Gasteiger partial charge in [0.25, 0.3) is 5.91 Å². The topological polar surface area (TPSA) is 44.4 Å². The number of carbonyl (C=O) groups excluding carboxylic acids is 1. The Morgan fingerprint density at radius 1 is 1.33 bits per heavy atom. The average Bonchev–Trinajstić information content (AvgIpc) is 2.50. The summed E-state index contributed by atoms with van der Waals surface area (Å²) in [6.45, 7) is 6.93. The highest BCUT2D eigenvalue weighted by Gasteiger charge is 2.40. The molecular formula is C14H19N3O. The Morgan fingerprint density at radius 2 is 2.17 bits per heavy atom. The van der Waals surface area contributed by atoms with Crippen molar-refractivity contribution in [3.8, 4) is 0 Å². The first-order chi connectivity index (χ1) is 8.62. The summed E-state index contributed by atoms with van der Waals surface area (Å²) in [5.74, 6) is 0.0590. The molecule has 1 fully saturated rings. The first-order valence-corrected chi connectivity index (χ1v) is 6.52. The van der Waals surface area contributed by atoms with Gasteiger partial charge in [0.2, 0.25) is 0 Å². The predicted octanol–water partition coefficient (Wildman–Crippen LogP) is 1.25. The molecule has 4 nitrogen and oxygen atoms in total. The van der Waals surface area contributed by atoms with Crippen LogP contribution in [-0.2, 0) is 0 Å². The van der Waals surface area contributed by atoms with Crippen molar-refractivity contribution in [2.75, 3.05) is 24.5 Å². The van der Waals surface area contributed by atoms with Crippen LogP contribution in [-0.4, -0.2) is 31.2 Å². The Labute approximate surface area is 107 Å². The molecule has 3 rings (SSSR count). The van der Waals surface area contributed by atoms with Crippen LogP contribution in [0.3, 0.4) is 0 Å². The van der Waals surface area contributed by atoms with E-state index in [1.807, 2.05) is 19.1 Å². The number of benzene rings is 1. The standard InChI is InChI=1S/C14H19N3O/c1-10-4-3-5-11-12(10)13(18)16-14(2)6-7-15-8-9-17(11)14/h3-5,15H,6-9H2,1-2H3,(H,16,18)/t14-/m1/s1. The molecule has 0 aliphatic carbocycles. The monoisotopic (exact) mass is 245 g/mol. The van der Waals surface area contributed by atoms with Crippen molar-refractivity contribution in [1.29, 1.82) is 0 Å². The minimum atomic E-state index is -0.263. The molecule has 1 amide bonds. The second-order valence-corrected chi connectivity index (χ2v) is 5.35. The zero-order valence-corrected chi connectivity index (χ0v) is 10.9. The maximum Gasteiger partial charge on any atom is 0.255 e. The summed E-state index contributed by atoms with van der Waals surface area (Å²) in [5, 5.41) is 6.57. The lowest BCUT2D eigenvalue weighted by atomic mass is 9.95. The number of fused-ring (bicyclic) bond motifs is 3. The molecule has 1 saturated heterocycles. The van der Waals surface area contributed by atoms with Crippen LogP contribution >= 0.6 is 0 Å². The molecule has 0 aromatic heterocycles. The molecule has 2 N–H and O–H groups in total. The lowest BCUT2D eigenvalue weighted by molar-refractivity contribution is 0.0887. The first kappa shape index (κ1) is 11.5. The smallest absolute Gasteiger partial charge is 0.255 e. The molecule has 1 aromatic carbocycles. The molecule has 1 atom stereocenters. The van der Waals surface area contributed by atoms with Crippen molar-refractivity contribution in [2.45, 2.75) is 25.9 Å². The quantitative estimate of drug-likeness (QED) is 0.723. The highest BCUT2D eigenvalue weighted by atomic mass is 16.2. The van der Waals surface area contributed by atoms with Gasteiger partial charge in [0, 0.05) is 19.5 Å². The zero-order chi connectivity index (χ0) is 12.8. The lowest BCUT2D eigenvalue weighted by Gasteiger charge is -2.46. The van der Waals surface area contributed by atoms with Gasteiger partial charge in [0.05, 0.1) is 11.3 Å². The minimum Gasteiger partial charge on any atom is -0.347 e. The van der Waals surface area contributed by atoms with Crippen molar-refractivity contribution in [3.05, 3.63) is 29.3 Å².